The molecular formula is C12H15ClN2O4. The molecule has 0 radical (unpaired) electrons. The van der Waals surface area contributed by atoms with Crippen molar-refractivity contribution in [3.63, 3.8) is 0 Å². The van der Waals surface area contributed by atoms with Crippen LogP contribution in [0.1, 0.15) is 6.42 Å². The minimum Gasteiger partial charge on any atom is -0.481 e. The molecule has 0 spiro atoms. The number of hydrogen-bond donors (Lipinski definition) is 4. The number of hydrogen-bond acceptors (Lipinski definition) is 4. The topological polar surface area (TPSA) is 98.7 Å². The lowest BCUT2D eigenvalue weighted by Crippen LogP contribution is -2.43. The van der Waals surface area contributed by atoms with Crippen LogP contribution in [0.5, 0.6) is 0 Å². The van der Waals surface area contributed by atoms with Gasteiger partial charge in [0.05, 0.1) is 19.1 Å². The fourth-order valence-electron chi connectivity index (χ4n) is 1.43. The number of carbonyl (C=O) groups is 2. The van der Waals surface area contributed by atoms with Crippen LogP contribution in [-0.2, 0) is 9.59 Å². The number of benzene rings is 1. The van der Waals surface area contributed by atoms with Gasteiger partial charge in [-0.25, -0.2) is 0 Å². The minimum absolute atomic E-state index is 0.145. The van der Waals surface area contributed by atoms with E-state index in [1.54, 1.807) is 24.3 Å². The van der Waals surface area contributed by atoms with Gasteiger partial charge in [0.2, 0.25) is 5.91 Å². The zero-order valence-corrected chi connectivity index (χ0v) is 10.9. The summed E-state index contributed by atoms with van der Waals surface area (Å²) in [6.07, 6.45) is -0.362. The van der Waals surface area contributed by atoms with E-state index in [4.69, 9.17) is 21.8 Å². The van der Waals surface area contributed by atoms with Crippen LogP contribution in [0.2, 0.25) is 5.02 Å². The highest BCUT2D eigenvalue weighted by atomic mass is 35.5. The quantitative estimate of drug-likeness (QED) is 0.591. The second-order valence-corrected chi connectivity index (χ2v) is 4.26. The van der Waals surface area contributed by atoms with E-state index in [0.29, 0.717) is 10.7 Å². The second-order valence-electron chi connectivity index (χ2n) is 3.82. The van der Waals surface area contributed by atoms with E-state index in [1.807, 2.05) is 0 Å². The normalized spacial score (nSPS) is 11.9. The summed E-state index contributed by atoms with van der Waals surface area (Å²) < 4.78 is 0. The highest BCUT2D eigenvalue weighted by Gasteiger charge is 2.20. The molecule has 0 aromatic heterocycles. The van der Waals surface area contributed by atoms with Crippen molar-refractivity contribution in [3.8, 4) is 0 Å². The SMILES string of the molecule is O=C(O)C[C@H](NCCO)C(=O)Nc1ccc(Cl)cc1. The summed E-state index contributed by atoms with van der Waals surface area (Å²) in [7, 11) is 0. The second kappa shape index (κ2) is 7.73. The summed E-state index contributed by atoms with van der Waals surface area (Å²) in [6.45, 7) is -0.0314. The Balaban J connectivity index is 2.64. The van der Waals surface area contributed by atoms with Gasteiger partial charge in [-0.1, -0.05) is 11.6 Å². The van der Waals surface area contributed by atoms with Gasteiger partial charge >= 0.3 is 5.97 Å². The molecule has 1 amide bonds. The van der Waals surface area contributed by atoms with Crippen LogP contribution in [0.3, 0.4) is 0 Å². The molecular weight excluding hydrogens is 272 g/mol. The van der Waals surface area contributed by atoms with Crippen molar-refractivity contribution in [1.82, 2.24) is 5.32 Å². The molecule has 0 aliphatic rings. The van der Waals surface area contributed by atoms with Crippen LogP contribution in [-0.4, -0.2) is 41.3 Å². The number of rotatable bonds is 7. The van der Waals surface area contributed by atoms with Gasteiger partial charge in [-0.15, -0.1) is 0 Å². The third kappa shape index (κ3) is 5.69. The molecule has 6 nitrogen and oxygen atoms in total. The van der Waals surface area contributed by atoms with Gasteiger partial charge in [0.15, 0.2) is 0 Å². The molecule has 1 atom stereocenters. The van der Waals surface area contributed by atoms with E-state index in [2.05, 4.69) is 10.6 Å². The maximum absolute atomic E-state index is 11.9. The van der Waals surface area contributed by atoms with Crippen LogP contribution >= 0.6 is 11.6 Å². The van der Waals surface area contributed by atoms with Crippen molar-refractivity contribution < 1.29 is 19.8 Å². The maximum atomic E-state index is 11.9. The first kappa shape index (κ1) is 15.4. The monoisotopic (exact) mass is 286 g/mol. The van der Waals surface area contributed by atoms with Crippen molar-refractivity contribution in [2.24, 2.45) is 0 Å². The first-order valence-electron chi connectivity index (χ1n) is 5.65. The van der Waals surface area contributed by atoms with E-state index in [1.165, 1.54) is 0 Å². The molecule has 1 aromatic rings. The Kier molecular flexibility index (Phi) is 6.27. The van der Waals surface area contributed by atoms with Crippen molar-refractivity contribution in [3.05, 3.63) is 29.3 Å². The number of halogens is 1. The van der Waals surface area contributed by atoms with Crippen LogP contribution in [0.4, 0.5) is 5.69 Å². The largest absolute Gasteiger partial charge is 0.481 e. The van der Waals surface area contributed by atoms with Crippen molar-refractivity contribution in [2.75, 3.05) is 18.5 Å². The molecule has 1 aromatic carbocycles. The highest BCUT2D eigenvalue weighted by molar-refractivity contribution is 6.30. The average Bonchev–Trinajstić information content (AvgIpc) is 2.36. The Morgan fingerprint density at radius 3 is 2.42 bits per heavy atom. The number of carbonyl (C=O) groups excluding carboxylic acids is 1. The molecule has 104 valence electrons. The Labute approximate surface area is 115 Å². The lowest BCUT2D eigenvalue weighted by Gasteiger charge is -2.16. The van der Waals surface area contributed by atoms with Gasteiger partial charge in [0.1, 0.15) is 0 Å². The van der Waals surface area contributed by atoms with Crippen molar-refractivity contribution in [2.45, 2.75) is 12.5 Å². The lowest BCUT2D eigenvalue weighted by atomic mass is 10.2. The fourth-order valence-corrected chi connectivity index (χ4v) is 1.56. The molecule has 1 rings (SSSR count). The van der Waals surface area contributed by atoms with Gasteiger partial charge in [0, 0.05) is 17.3 Å². The Morgan fingerprint density at radius 2 is 1.89 bits per heavy atom. The number of aliphatic hydroxyl groups is 1. The van der Waals surface area contributed by atoms with Gasteiger partial charge in [0.25, 0.3) is 0 Å². The van der Waals surface area contributed by atoms with Crippen LogP contribution in [0.25, 0.3) is 0 Å². The molecule has 0 fully saturated rings. The number of carboxylic acids is 1. The van der Waals surface area contributed by atoms with E-state index < -0.39 is 17.9 Å². The van der Waals surface area contributed by atoms with E-state index in [0.717, 1.165) is 0 Å². The summed E-state index contributed by atoms with van der Waals surface area (Å²) in [5, 5.41) is 23.2. The Hall–Kier alpha value is -1.63. The number of anilines is 1. The van der Waals surface area contributed by atoms with Crippen molar-refractivity contribution in [1.29, 1.82) is 0 Å². The highest BCUT2D eigenvalue weighted by Crippen LogP contribution is 2.13. The number of amides is 1. The number of carboxylic acid groups (broad SMARTS) is 1. The summed E-state index contributed by atoms with van der Waals surface area (Å²) in [4.78, 5) is 22.6. The molecule has 0 saturated heterocycles. The third-order valence-electron chi connectivity index (χ3n) is 2.31. The number of aliphatic carboxylic acids is 1. The molecule has 0 aliphatic carbocycles. The smallest absolute Gasteiger partial charge is 0.305 e. The first-order valence-corrected chi connectivity index (χ1v) is 6.03. The summed E-state index contributed by atoms with van der Waals surface area (Å²) >= 11 is 5.72. The lowest BCUT2D eigenvalue weighted by molar-refractivity contribution is -0.139. The molecule has 0 heterocycles. The average molecular weight is 287 g/mol. The molecule has 0 aliphatic heterocycles. The van der Waals surface area contributed by atoms with Crippen LogP contribution < -0.4 is 10.6 Å². The fraction of sp³-hybridized carbons (Fsp3) is 0.333. The molecule has 0 bridgehead atoms. The van der Waals surface area contributed by atoms with Gasteiger partial charge in [-0.2, -0.15) is 0 Å². The van der Waals surface area contributed by atoms with Crippen molar-refractivity contribution >= 4 is 29.2 Å². The zero-order chi connectivity index (χ0) is 14.3. The number of aliphatic hydroxyl groups excluding tert-OH is 1. The molecule has 19 heavy (non-hydrogen) atoms. The summed E-state index contributed by atoms with van der Waals surface area (Å²) in [6, 6.07) is 5.56. The van der Waals surface area contributed by atoms with E-state index >= 15 is 0 Å². The predicted octanol–water partition coefficient (Wildman–Crippen LogP) is 0.704. The third-order valence-corrected chi connectivity index (χ3v) is 2.56. The first-order chi connectivity index (χ1) is 9.02. The van der Waals surface area contributed by atoms with E-state index in [-0.39, 0.29) is 19.6 Å². The number of nitrogens with one attached hydrogen (secondary N) is 2. The Bertz CT molecular complexity index is 436. The molecule has 4 N–H and O–H groups in total. The predicted molar refractivity (Wildman–Crippen MR) is 71.2 cm³/mol. The van der Waals surface area contributed by atoms with Gasteiger partial charge in [-0.05, 0) is 24.3 Å². The summed E-state index contributed by atoms with van der Waals surface area (Å²) in [5.41, 5.74) is 0.524. The molecule has 0 unspecified atom stereocenters. The standard InChI is InChI=1S/C12H15ClN2O4/c13-8-1-3-9(4-2-8)15-12(19)10(7-11(17)18)14-5-6-16/h1-4,10,14,16H,5-7H2,(H,15,19)(H,17,18)/t10-/m0/s1. The molecule has 7 heteroatoms. The maximum Gasteiger partial charge on any atom is 0.305 e. The Morgan fingerprint density at radius 1 is 1.26 bits per heavy atom. The van der Waals surface area contributed by atoms with Crippen LogP contribution in [0.15, 0.2) is 24.3 Å². The van der Waals surface area contributed by atoms with Gasteiger partial charge < -0.3 is 20.8 Å². The minimum atomic E-state index is -1.10. The summed E-state index contributed by atoms with van der Waals surface area (Å²) in [5.74, 6) is -1.57. The van der Waals surface area contributed by atoms with Gasteiger partial charge in [-0.3, -0.25) is 9.59 Å². The molecule has 0 saturated carbocycles. The zero-order valence-electron chi connectivity index (χ0n) is 10.1. The van der Waals surface area contributed by atoms with E-state index in [9.17, 15) is 9.59 Å². The van der Waals surface area contributed by atoms with Crippen LogP contribution in [0, 0.1) is 0 Å².